The zero-order chi connectivity index (χ0) is 17.4. The largest absolute Gasteiger partial charge is 0.312 e. The number of sulfonamides is 1. The molecular formula is C18H20N2O3S2. The average molecular weight is 377 g/mol. The van der Waals surface area contributed by atoms with Crippen LogP contribution in [-0.4, -0.2) is 38.3 Å². The van der Waals surface area contributed by atoms with Gasteiger partial charge in [-0.25, -0.2) is 8.42 Å². The lowest BCUT2D eigenvalue weighted by Crippen LogP contribution is -2.46. The van der Waals surface area contributed by atoms with Gasteiger partial charge in [0.15, 0.2) is 0 Å². The Kier molecular flexibility index (Phi) is 4.39. The van der Waals surface area contributed by atoms with Crippen LogP contribution in [0.2, 0.25) is 0 Å². The van der Waals surface area contributed by atoms with E-state index in [9.17, 15) is 13.2 Å². The van der Waals surface area contributed by atoms with E-state index in [1.54, 1.807) is 17.5 Å². The molecule has 3 heterocycles. The molecule has 0 N–H and O–H groups in total. The quantitative estimate of drug-likeness (QED) is 0.828. The van der Waals surface area contributed by atoms with Gasteiger partial charge in [-0.1, -0.05) is 24.3 Å². The van der Waals surface area contributed by atoms with Crippen LogP contribution in [0.4, 0.5) is 5.69 Å². The highest BCUT2D eigenvalue weighted by molar-refractivity contribution is 7.91. The number of anilines is 1. The number of hydrogen-bond donors (Lipinski definition) is 0. The molecule has 2 aliphatic heterocycles. The molecule has 132 valence electrons. The number of nitrogens with zero attached hydrogens (tertiary/aromatic N) is 2. The van der Waals surface area contributed by atoms with E-state index < -0.39 is 10.0 Å². The molecular weight excluding hydrogens is 356 g/mol. The van der Waals surface area contributed by atoms with Crippen LogP contribution in [-0.2, 0) is 21.2 Å². The van der Waals surface area contributed by atoms with Crippen molar-refractivity contribution in [3.05, 3.63) is 47.3 Å². The van der Waals surface area contributed by atoms with Gasteiger partial charge < -0.3 is 4.90 Å². The Hall–Kier alpha value is -1.70. The van der Waals surface area contributed by atoms with Crippen LogP contribution in [0.15, 0.2) is 46.0 Å². The number of thiophene rings is 1. The van der Waals surface area contributed by atoms with Crippen molar-refractivity contribution < 1.29 is 13.2 Å². The second-order valence-corrected chi connectivity index (χ2v) is 9.62. The van der Waals surface area contributed by atoms with Crippen LogP contribution in [0.25, 0.3) is 0 Å². The van der Waals surface area contributed by atoms with E-state index in [1.807, 2.05) is 23.1 Å². The summed E-state index contributed by atoms with van der Waals surface area (Å²) in [5.74, 6) is -0.217. The Balaban J connectivity index is 1.53. The van der Waals surface area contributed by atoms with Gasteiger partial charge in [-0.3, -0.25) is 4.79 Å². The van der Waals surface area contributed by atoms with Crippen LogP contribution in [0, 0.1) is 5.92 Å². The monoisotopic (exact) mass is 376 g/mol. The van der Waals surface area contributed by atoms with Crippen LogP contribution >= 0.6 is 11.3 Å². The molecule has 0 radical (unpaired) electrons. The van der Waals surface area contributed by atoms with E-state index in [0.29, 0.717) is 17.3 Å². The fraction of sp³-hybridized carbons (Fsp3) is 0.389. The summed E-state index contributed by atoms with van der Waals surface area (Å²) in [6.45, 7) is 1.45. The third-order valence-corrected chi connectivity index (χ3v) is 8.21. The number of para-hydroxylation sites is 1. The smallest absolute Gasteiger partial charge is 0.252 e. The summed E-state index contributed by atoms with van der Waals surface area (Å²) >= 11 is 1.22. The Morgan fingerprint density at radius 1 is 1.12 bits per heavy atom. The first-order valence-corrected chi connectivity index (χ1v) is 10.8. The molecule has 7 heteroatoms. The predicted octanol–water partition coefficient (Wildman–Crippen LogP) is 2.74. The first-order chi connectivity index (χ1) is 12.1. The minimum absolute atomic E-state index is 0.0519. The van der Waals surface area contributed by atoms with E-state index in [4.69, 9.17) is 0 Å². The molecule has 1 atom stereocenters. The van der Waals surface area contributed by atoms with Crippen molar-refractivity contribution in [1.82, 2.24) is 4.31 Å². The SMILES string of the molecule is O=C(C1CCCN(S(=O)(=O)c2cccs2)C1)N1CCc2ccccc21. The van der Waals surface area contributed by atoms with Gasteiger partial charge >= 0.3 is 0 Å². The molecule has 1 amide bonds. The maximum absolute atomic E-state index is 13.0. The highest BCUT2D eigenvalue weighted by atomic mass is 32.2. The van der Waals surface area contributed by atoms with E-state index in [-0.39, 0.29) is 18.4 Å². The molecule has 2 aromatic rings. The second-order valence-electron chi connectivity index (χ2n) is 6.50. The summed E-state index contributed by atoms with van der Waals surface area (Å²) in [4.78, 5) is 14.9. The summed E-state index contributed by atoms with van der Waals surface area (Å²) in [7, 11) is -3.49. The number of rotatable bonds is 3. The molecule has 1 aromatic carbocycles. The zero-order valence-corrected chi connectivity index (χ0v) is 15.4. The molecule has 0 spiro atoms. The fourth-order valence-electron chi connectivity index (χ4n) is 3.69. The number of piperidine rings is 1. The second kappa shape index (κ2) is 6.55. The molecule has 0 saturated carbocycles. The molecule has 1 fully saturated rings. The third-order valence-electron chi connectivity index (χ3n) is 4.98. The molecule has 2 aliphatic rings. The number of fused-ring (bicyclic) bond motifs is 1. The van der Waals surface area contributed by atoms with E-state index in [0.717, 1.165) is 24.9 Å². The number of amides is 1. The number of carbonyl (C=O) groups excluding carboxylic acids is 1. The van der Waals surface area contributed by atoms with Gasteiger partial charge in [-0.15, -0.1) is 11.3 Å². The molecule has 1 unspecified atom stereocenters. The van der Waals surface area contributed by atoms with Gasteiger partial charge in [0.05, 0.1) is 5.92 Å². The van der Waals surface area contributed by atoms with Crippen molar-refractivity contribution in [2.45, 2.75) is 23.5 Å². The third kappa shape index (κ3) is 3.01. The van der Waals surface area contributed by atoms with Crippen LogP contribution in [0.5, 0.6) is 0 Å². The number of benzene rings is 1. The van der Waals surface area contributed by atoms with E-state index in [1.165, 1.54) is 21.2 Å². The lowest BCUT2D eigenvalue weighted by Gasteiger charge is -2.33. The highest BCUT2D eigenvalue weighted by Crippen LogP contribution is 2.32. The Bertz CT molecular complexity index is 877. The van der Waals surface area contributed by atoms with Crippen LogP contribution in [0.1, 0.15) is 18.4 Å². The molecule has 0 aliphatic carbocycles. The Labute approximate surface area is 151 Å². The van der Waals surface area contributed by atoms with Crippen molar-refractivity contribution in [3.63, 3.8) is 0 Å². The van der Waals surface area contributed by atoms with Gasteiger partial charge in [0.2, 0.25) is 5.91 Å². The summed E-state index contributed by atoms with van der Waals surface area (Å²) in [6.07, 6.45) is 2.33. The normalized spacial score (nSPS) is 21.3. The lowest BCUT2D eigenvalue weighted by atomic mass is 9.98. The van der Waals surface area contributed by atoms with Gasteiger partial charge in [0.25, 0.3) is 10.0 Å². The summed E-state index contributed by atoms with van der Waals surface area (Å²) in [6, 6.07) is 11.3. The van der Waals surface area contributed by atoms with Crippen LogP contribution < -0.4 is 4.90 Å². The van der Waals surface area contributed by atoms with Gasteiger partial charge in [0, 0.05) is 25.3 Å². The molecule has 1 saturated heterocycles. The molecule has 4 rings (SSSR count). The minimum atomic E-state index is -3.49. The number of hydrogen-bond acceptors (Lipinski definition) is 4. The predicted molar refractivity (Wildman–Crippen MR) is 98.3 cm³/mol. The van der Waals surface area contributed by atoms with Crippen molar-refractivity contribution >= 4 is 33.0 Å². The van der Waals surface area contributed by atoms with Crippen molar-refractivity contribution in [1.29, 1.82) is 0 Å². The Morgan fingerprint density at radius 2 is 1.96 bits per heavy atom. The molecule has 0 bridgehead atoms. The minimum Gasteiger partial charge on any atom is -0.312 e. The van der Waals surface area contributed by atoms with Gasteiger partial charge in [-0.05, 0) is 42.3 Å². The topological polar surface area (TPSA) is 57.7 Å². The Morgan fingerprint density at radius 3 is 2.76 bits per heavy atom. The maximum Gasteiger partial charge on any atom is 0.252 e. The first kappa shape index (κ1) is 16.8. The average Bonchev–Trinajstić information content (AvgIpc) is 3.31. The van der Waals surface area contributed by atoms with Crippen LogP contribution in [0.3, 0.4) is 0 Å². The van der Waals surface area contributed by atoms with Gasteiger partial charge in [0.1, 0.15) is 4.21 Å². The first-order valence-electron chi connectivity index (χ1n) is 8.50. The molecule has 5 nitrogen and oxygen atoms in total. The highest BCUT2D eigenvalue weighted by Gasteiger charge is 2.37. The molecule has 1 aromatic heterocycles. The van der Waals surface area contributed by atoms with E-state index >= 15 is 0 Å². The van der Waals surface area contributed by atoms with E-state index in [2.05, 4.69) is 6.07 Å². The molecule has 25 heavy (non-hydrogen) atoms. The number of carbonyl (C=O) groups is 1. The van der Waals surface area contributed by atoms with Crippen molar-refractivity contribution in [2.75, 3.05) is 24.5 Å². The maximum atomic E-state index is 13.0. The fourth-order valence-corrected chi connectivity index (χ4v) is 6.36. The van der Waals surface area contributed by atoms with Crippen molar-refractivity contribution in [2.24, 2.45) is 5.92 Å². The zero-order valence-electron chi connectivity index (χ0n) is 13.8. The lowest BCUT2D eigenvalue weighted by molar-refractivity contribution is -0.123. The van der Waals surface area contributed by atoms with Gasteiger partial charge in [-0.2, -0.15) is 4.31 Å². The van der Waals surface area contributed by atoms with Crippen molar-refractivity contribution in [3.8, 4) is 0 Å². The standard InChI is InChI=1S/C18H20N2O3S2/c21-18(20-11-9-14-5-1-2-7-16(14)20)15-6-3-10-19(13-15)25(22,23)17-8-4-12-24-17/h1-2,4-5,7-8,12,15H,3,6,9-11,13H2. The summed E-state index contributed by atoms with van der Waals surface area (Å²) < 4.78 is 27.3. The summed E-state index contributed by atoms with van der Waals surface area (Å²) in [5, 5.41) is 1.76. The summed E-state index contributed by atoms with van der Waals surface area (Å²) in [5.41, 5.74) is 2.17.